The van der Waals surface area contributed by atoms with E-state index in [0.29, 0.717) is 24.2 Å². The maximum atomic E-state index is 11.8. The van der Waals surface area contributed by atoms with E-state index < -0.39 is 11.9 Å². The monoisotopic (exact) mass is 313 g/mol. The van der Waals surface area contributed by atoms with E-state index >= 15 is 0 Å². The number of carbonyl (C=O) groups is 2. The molecule has 1 N–H and O–H groups in total. The Morgan fingerprint density at radius 2 is 1.74 bits per heavy atom. The molecule has 0 saturated carbocycles. The second kappa shape index (κ2) is 5.72. The second-order valence-corrected chi connectivity index (χ2v) is 5.27. The van der Waals surface area contributed by atoms with Gasteiger partial charge in [0.2, 0.25) is 0 Å². The minimum Gasteiger partial charge on any atom is -0.505 e. The van der Waals surface area contributed by atoms with Crippen LogP contribution in [-0.2, 0) is 17.6 Å². The van der Waals surface area contributed by atoms with Crippen LogP contribution < -0.4 is 4.74 Å². The lowest BCUT2D eigenvalue weighted by Crippen LogP contribution is -2.07. The number of benzene rings is 1. The SMILES string of the molecule is COc1ccc(CCc2nc(C)c(O)c3c2C(=O)OC3=O)cc1. The van der Waals surface area contributed by atoms with Crippen LogP contribution in [0.15, 0.2) is 24.3 Å². The molecule has 3 rings (SSSR count). The molecule has 0 unspecified atom stereocenters. The van der Waals surface area contributed by atoms with E-state index in [-0.39, 0.29) is 16.9 Å². The van der Waals surface area contributed by atoms with Crippen molar-refractivity contribution >= 4 is 11.9 Å². The van der Waals surface area contributed by atoms with Crippen LogP contribution in [0.25, 0.3) is 0 Å². The summed E-state index contributed by atoms with van der Waals surface area (Å²) in [6, 6.07) is 7.56. The molecule has 1 aliphatic heterocycles. The van der Waals surface area contributed by atoms with Gasteiger partial charge >= 0.3 is 11.9 Å². The molecule has 2 aromatic rings. The molecule has 6 nitrogen and oxygen atoms in total. The fraction of sp³-hybridized carbons (Fsp3) is 0.235. The summed E-state index contributed by atoms with van der Waals surface area (Å²) in [5, 5.41) is 9.94. The Kier molecular flexibility index (Phi) is 3.73. The van der Waals surface area contributed by atoms with Crippen molar-refractivity contribution in [2.45, 2.75) is 19.8 Å². The predicted octanol–water partition coefficient (Wildman–Crippen LogP) is 2.20. The molecule has 2 heterocycles. The van der Waals surface area contributed by atoms with Crippen LogP contribution in [0, 0.1) is 6.92 Å². The molecule has 1 aliphatic rings. The van der Waals surface area contributed by atoms with Crippen LogP contribution in [0.5, 0.6) is 11.5 Å². The summed E-state index contributed by atoms with van der Waals surface area (Å²) in [7, 11) is 1.60. The molecule has 0 aliphatic carbocycles. The van der Waals surface area contributed by atoms with Gasteiger partial charge in [0.1, 0.15) is 16.9 Å². The lowest BCUT2D eigenvalue weighted by Gasteiger charge is -2.08. The molecule has 0 saturated heterocycles. The van der Waals surface area contributed by atoms with Crippen LogP contribution in [-0.4, -0.2) is 29.1 Å². The van der Waals surface area contributed by atoms with Crippen molar-refractivity contribution in [1.82, 2.24) is 4.98 Å². The number of rotatable bonds is 4. The van der Waals surface area contributed by atoms with Gasteiger partial charge in [-0.25, -0.2) is 9.59 Å². The van der Waals surface area contributed by atoms with Gasteiger partial charge in [0.15, 0.2) is 5.75 Å². The Bertz CT molecular complexity index is 796. The Balaban J connectivity index is 1.90. The quantitative estimate of drug-likeness (QED) is 0.688. The predicted molar refractivity (Wildman–Crippen MR) is 80.8 cm³/mol. The molecular formula is C17H15NO5. The average Bonchev–Trinajstić information content (AvgIpc) is 2.85. The second-order valence-electron chi connectivity index (χ2n) is 5.27. The van der Waals surface area contributed by atoms with Gasteiger partial charge in [-0.1, -0.05) is 12.1 Å². The van der Waals surface area contributed by atoms with E-state index in [4.69, 9.17) is 4.74 Å². The summed E-state index contributed by atoms with van der Waals surface area (Å²) in [5.41, 5.74) is 1.81. The Morgan fingerprint density at radius 1 is 1.09 bits per heavy atom. The van der Waals surface area contributed by atoms with Crippen molar-refractivity contribution in [1.29, 1.82) is 0 Å². The number of carbonyl (C=O) groups excluding carboxylic acids is 2. The number of fused-ring (bicyclic) bond motifs is 1. The van der Waals surface area contributed by atoms with Crippen molar-refractivity contribution in [2.24, 2.45) is 0 Å². The molecule has 0 amide bonds. The fourth-order valence-electron chi connectivity index (χ4n) is 2.60. The Hall–Kier alpha value is -2.89. The molecule has 0 spiro atoms. The van der Waals surface area contributed by atoms with Gasteiger partial charge in [0.05, 0.1) is 18.5 Å². The van der Waals surface area contributed by atoms with E-state index in [1.807, 2.05) is 24.3 Å². The smallest absolute Gasteiger partial charge is 0.350 e. The van der Waals surface area contributed by atoms with Crippen molar-refractivity contribution in [3.63, 3.8) is 0 Å². The number of nitrogens with zero attached hydrogens (tertiary/aromatic N) is 1. The highest BCUT2D eigenvalue weighted by atomic mass is 16.6. The molecule has 1 aromatic carbocycles. The summed E-state index contributed by atoms with van der Waals surface area (Å²) in [6.45, 7) is 1.59. The number of hydrogen-bond donors (Lipinski definition) is 1. The van der Waals surface area contributed by atoms with Gasteiger partial charge in [0.25, 0.3) is 0 Å². The molecule has 6 heteroatoms. The number of pyridine rings is 1. The highest BCUT2D eigenvalue weighted by Gasteiger charge is 2.36. The number of aromatic hydroxyl groups is 1. The lowest BCUT2D eigenvalue weighted by atomic mass is 10.0. The van der Waals surface area contributed by atoms with Crippen LogP contribution in [0.4, 0.5) is 0 Å². The molecule has 0 radical (unpaired) electrons. The lowest BCUT2D eigenvalue weighted by molar-refractivity contribution is 0.0442. The third-order valence-corrected chi connectivity index (χ3v) is 3.82. The first-order valence-electron chi connectivity index (χ1n) is 7.13. The number of aromatic nitrogens is 1. The zero-order valence-electron chi connectivity index (χ0n) is 12.8. The van der Waals surface area contributed by atoms with E-state index in [1.165, 1.54) is 0 Å². The highest BCUT2D eigenvalue weighted by Crippen LogP contribution is 2.32. The normalized spacial score (nSPS) is 13.0. The van der Waals surface area contributed by atoms with Crippen molar-refractivity contribution in [2.75, 3.05) is 7.11 Å². The zero-order chi connectivity index (χ0) is 16.6. The molecule has 23 heavy (non-hydrogen) atoms. The molecule has 0 fully saturated rings. The maximum Gasteiger partial charge on any atom is 0.350 e. The summed E-state index contributed by atoms with van der Waals surface area (Å²) in [6.07, 6.45) is 1.09. The molecule has 0 atom stereocenters. The topological polar surface area (TPSA) is 85.7 Å². The van der Waals surface area contributed by atoms with Gasteiger partial charge in [-0.2, -0.15) is 0 Å². The first kappa shape index (κ1) is 15.0. The minimum atomic E-state index is -0.821. The largest absolute Gasteiger partial charge is 0.505 e. The third-order valence-electron chi connectivity index (χ3n) is 3.82. The van der Waals surface area contributed by atoms with Gasteiger partial charge < -0.3 is 14.6 Å². The van der Waals surface area contributed by atoms with Crippen molar-refractivity contribution < 1.29 is 24.2 Å². The van der Waals surface area contributed by atoms with E-state index in [2.05, 4.69) is 9.72 Å². The van der Waals surface area contributed by atoms with E-state index in [0.717, 1.165) is 11.3 Å². The summed E-state index contributed by atoms with van der Waals surface area (Å²) >= 11 is 0. The molecule has 0 bridgehead atoms. The summed E-state index contributed by atoms with van der Waals surface area (Å²) < 4.78 is 9.70. The number of cyclic esters (lactones) is 2. The van der Waals surface area contributed by atoms with Gasteiger partial charge in [-0.05, 0) is 37.5 Å². The minimum absolute atomic E-state index is 0.0756. The van der Waals surface area contributed by atoms with Crippen LogP contribution in [0.1, 0.15) is 37.7 Å². The summed E-state index contributed by atoms with van der Waals surface area (Å²) in [4.78, 5) is 27.8. The fourth-order valence-corrected chi connectivity index (χ4v) is 2.60. The molecule has 118 valence electrons. The van der Waals surface area contributed by atoms with Crippen LogP contribution >= 0.6 is 0 Å². The van der Waals surface area contributed by atoms with E-state index in [9.17, 15) is 14.7 Å². The van der Waals surface area contributed by atoms with Crippen molar-refractivity contribution in [3.8, 4) is 11.5 Å². The summed E-state index contributed by atoms with van der Waals surface area (Å²) in [5.74, 6) is -1.09. The number of hydrogen-bond acceptors (Lipinski definition) is 6. The molecule has 1 aromatic heterocycles. The number of esters is 2. The standard InChI is InChI=1S/C17H15NO5/c1-9-15(19)14-13(16(20)23-17(14)21)12(18-9)8-5-10-3-6-11(22-2)7-4-10/h3-4,6-7,19H,5,8H2,1-2H3. The Labute approximate surface area is 132 Å². The number of ether oxygens (including phenoxy) is 2. The van der Waals surface area contributed by atoms with E-state index in [1.54, 1.807) is 14.0 Å². The number of methoxy groups -OCH3 is 1. The maximum absolute atomic E-state index is 11.8. The number of aryl methyl sites for hydroxylation is 3. The molecular weight excluding hydrogens is 298 g/mol. The Morgan fingerprint density at radius 3 is 2.39 bits per heavy atom. The van der Waals surface area contributed by atoms with Gasteiger partial charge in [-0.3, -0.25) is 4.98 Å². The van der Waals surface area contributed by atoms with Crippen LogP contribution in [0.2, 0.25) is 0 Å². The average molecular weight is 313 g/mol. The third kappa shape index (κ3) is 2.63. The van der Waals surface area contributed by atoms with Crippen molar-refractivity contribution in [3.05, 3.63) is 52.3 Å². The first-order chi connectivity index (χ1) is 11.0. The van der Waals surface area contributed by atoms with Gasteiger partial charge in [-0.15, -0.1) is 0 Å². The van der Waals surface area contributed by atoms with Crippen LogP contribution in [0.3, 0.4) is 0 Å². The zero-order valence-corrected chi connectivity index (χ0v) is 12.8. The van der Waals surface area contributed by atoms with Gasteiger partial charge in [0, 0.05) is 0 Å². The highest BCUT2D eigenvalue weighted by molar-refractivity contribution is 6.16. The first-order valence-corrected chi connectivity index (χ1v) is 7.13.